The molecule has 0 fully saturated rings. The number of benzene rings is 1. The summed E-state index contributed by atoms with van der Waals surface area (Å²) in [4.78, 5) is 25.4. The number of ketones is 1. The second-order valence-corrected chi connectivity index (χ2v) is 7.94. The van der Waals surface area contributed by atoms with Crippen molar-refractivity contribution < 1.29 is 14.3 Å². The molecule has 0 unspecified atom stereocenters. The minimum Gasteiger partial charge on any atom is -0.454 e. The Morgan fingerprint density at radius 1 is 1.03 bits per heavy atom. The number of rotatable bonds is 7. The second kappa shape index (κ2) is 8.69. The monoisotopic (exact) mass is 407 g/mol. The molecule has 158 valence electrons. The van der Waals surface area contributed by atoms with Crippen LogP contribution >= 0.6 is 0 Å². The molecule has 0 aliphatic heterocycles. The normalized spacial score (nSPS) is 11.2. The number of ether oxygens (including phenoxy) is 1. The van der Waals surface area contributed by atoms with Crippen LogP contribution in [0.4, 0.5) is 0 Å². The van der Waals surface area contributed by atoms with Gasteiger partial charge in [0.15, 0.2) is 6.61 Å². The molecule has 0 saturated heterocycles. The molecule has 0 saturated carbocycles. The van der Waals surface area contributed by atoms with E-state index in [1.807, 2.05) is 57.2 Å². The van der Waals surface area contributed by atoms with E-state index in [4.69, 9.17) is 4.74 Å². The van der Waals surface area contributed by atoms with Crippen molar-refractivity contribution >= 4 is 11.8 Å². The van der Waals surface area contributed by atoms with Crippen LogP contribution < -0.4 is 0 Å². The number of aromatic nitrogens is 3. The van der Waals surface area contributed by atoms with Gasteiger partial charge in [0.2, 0.25) is 5.78 Å². The summed E-state index contributed by atoms with van der Waals surface area (Å²) in [5.41, 5.74) is 5.36. The van der Waals surface area contributed by atoms with E-state index in [-0.39, 0.29) is 18.4 Å². The summed E-state index contributed by atoms with van der Waals surface area (Å²) in [7, 11) is 0. The average Bonchev–Trinajstić information content (AvgIpc) is 3.15. The molecule has 3 rings (SSSR count). The average molecular weight is 408 g/mol. The third-order valence-electron chi connectivity index (χ3n) is 5.40. The third kappa shape index (κ3) is 4.22. The lowest BCUT2D eigenvalue weighted by atomic mass is 10.1. The van der Waals surface area contributed by atoms with E-state index >= 15 is 0 Å². The van der Waals surface area contributed by atoms with Gasteiger partial charge in [-0.1, -0.05) is 30.3 Å². The first-order chi connectivity index (χ1) is 14.2. The molecule has 6 nitrogen and oxygen atoms in total. The van der Waals surface area contributed by atoms with E-state index in [1.54, 1.807) is 11.6 Å². The Kier molecular flexibility index (Phi) is 6.25. The van der Waals surface area contributed by atoms with Gasteiger partial charge in [-0.25, -0.2) is 4.79 Å². The van der Waals surface area contributed by atoms with Gasteiger partial charge < -0.3 is 9.30 Å². The maximum Gasteiger partial charge on any atom is 0.342 e. The van der Waals surface area contributed by atoms with Crippen LogP contribution in [0.3, 0.4) is 0 Å². The first-order valence-corrected chi connectivity index (χ1v) is 10.2. The van der Waals surface area contributed by atoms with Crippen LogP contribution in [0.25, 0.3) is 0 Å². The molecule has 3 aromatic rings. The van der Waals surface area contributed by atoms with Crippen LogP contribution in [0.15, 0.2) is 36.4 Å². The fourth-order valence-electron chi connectivity index (χ4n) is 4.04. The van der Waals surface area contributed by atoms with E-state index < -0.39 is 5.97 Å². The number of hydrogen-bond donors (Lipinski definition) is 0. The second-order valence-electron chi connectivity index (χ2n) is 7.94. The molecule has 0 aliphatic rings. The summed E-state index contributed by atoms with van der Waals surface area (Å²) in [6.07, 6.45) is 0. The lowest BCUT2D eigenvalue weighted by Crippen LogP contribution is -2.16. The van der Waals surface area contributed by atoms with Crippen molar-refractivity contribution in [3.05, 3.63) is 75.9 Å². The molecular formula is C24H29N3O3. The van der Waals surface area contributed by atoms with Crippen molar-refractivity contribution in [2.24, 2.45) is 0 Å². The number of carbonyl (C=O) groups is 2. The molecule has 0 aliphatic carbocycles. The Labute approximate surface area is 177 Å². The number of carbonyl (C=O) groups excluding carboxylic acids is 2. The summed E-state index contributed by atoms with van der Waals surface area (Å²) in [6.45, 7) is 12.0. The summed E-state index contributed by atoms with van der Waals surface area (Å²) >= 11 is 0. The zero-order valence-electron chi connectivity index (χ0n) is 18.5. The topological polar surface area (TPSA) is 66.1 Å². The summed E-state index contributed by atoms with van der Waals surface area (Å²) < 4.78 is 9.28. The highest BCUT2D eigenvalue weighted by Crippen LogP contribution is 2.21. The summed E-state index contributed by atoms with van der Waals surface area (Å²) in [5, 5.41) is 4.49. The molecular weight excluding hydrogens is 378 g/mol. The van der Waals surface area contributed by atoms with Crippen LogP contribution in [0.1, 0.15) is 68.9 Å². The number of hydrogen-bond acceptors (Lipinski definition) is 4. The van der Waals surface area contributed by atoms with E-state index in [0.717, 1.165) is 22.6 Å². The molecule has 0 atom stereocenters. The third-order valence-corrected chi connectivity index (χ3v) is 5.40. The van der Waals surface area contributed by atoms with Crippen LogP contribution in [-0.4, -0.2) is 32.7 Å². The van der Waals surface area contributed by atoms with Gasteiger partial charge in [-0.05, 0) is 53.2 Å². The van der Waals surface area contributed by atoms with E-state index in [0.29, 0.717) is 23.4 Å². The number of nitrogens with zero attached hydrogens (tertiary/aromatic N) is 3. The Hall–Kier alpha value is -3.15. The van der Waals surface area contributed by atoms with Gasteiger partial charge >= 0.3 is 5.97 Å². The van der Waals surface area contributed by atoms with Gasteiger partial charge in [0.25, 0.3) is 0 Å². The van der Waals surface area contributed by atoms with Gasteiger partial charge in [-0.3, -0.25) is 9.48 Å². The molecule has 2 heterocycles. The maximum atomic E-state index is 12.7. The van der Waals surface area contributed by atoms with Crippen LogP contribution in [0, 0.1) is 27.7 Å². The zero-order valence-corrected chi connectivity index (χ0v) is 18.5. The van der Waals surface area contributed by atoms with Crippen molar-refractivity contribution in [3.8, 4) is 0 Å². The van der Waals surface area contributed by atoms with E-state index in [9.17, 15) is 9.59 Å². The largest absolute Gasteiger partial charge is 0.454 e. The molecule has 2 aromatic heterocycles. The zero-order chi connectivity index (χ0) is 22.0. The predicted octanol–water partition coefficient (Wildman–Crippen LogP) is 4.59. The molecule has 6 heteroatoms. The fraction of sp³-hybridized carbons (Fsp3) is 0.375. The molecule has 0 N–H and O–H groups in total. The standard InChI is InChI=1S/C24H29N3O3/c1-15(2)27-16(3)12-21(18(27)5)22(28)14-30-24(29)23-17(4)25-26(19(23)6)13-20-10-8-7-9-11-20/h7-12,15H,13-14H2,1-6H3. The first-order valence-electron chi connectivity index (χ1n) is 10.2. The van der Waals surface area contributed by atoms with Gasteiger partial charge in [0.05, 0.1) is 17.9 Å². The predicted molar refractivity (Wildman–Crippen MR) is 116 cm³/mol. The quantitative estimate of drug-likeness (QED) is 0.424. The number of esters is 1. The van der Waals surface area contributed by atoms with Gasteiger partial charge in [0, 0.05) is 23.0 Å². The molecule has 0 bridgehead atoms. The van der Waals surface area contributed by atoms with Crippen molar-refractivity contribution in [1.82, 2.24) is 14.3 Å². The van der Waals surface area contributed by atoms with Crippen LogP contribution in [0.5, 0.6) is 0 Å². The lowest BCUT2D eigenvalue weighted by Gasteiger charge is -2.13. The Morgan fingerprint density at radius 2 is 1.70 bits per heavy atom. The van der Waals surface area contributed by atoms with E-state index in [2.05, 4.69) is 23.5 Å². The Balaban J connectivity index is 1.73. The Bertz CT molecular complexity index is 1080. The van der Waals surface area contributed by atoms with Crippen LogP contribution in [-0.2, 0) is 11.3 Å². The molecule has 30 heavy (non-hydrogen) atoms. The lowest BCUT2D eigenvalue weighted by molar-refractivity contribution is 0.0473. The first kappa shape index (κ1) is 21.6. The number of aryl methyl sites for hydroxylation is 2. The van der Waals surface area contributed by atoms with Gasteiger partial charge in [-0.15, -0.1) is 0 Å². The van der Waals surface area contributed by atoms with Gasteiger partial charge in [0.1, 0.15) is 5.56 Å². The summed E-state index contributed by atoms with van der Waals surface area (Å²) in [5.74, 6) is -0.717. The smallest absolute Gasteiger partial charge is 0.342 e. The molecule has 0 spiro atoms. The van der Waals surface area contributed by atoms with Crippen molar-refractivity contribution in [2.75, 3.05) is 6.61 Å². The highest BCUT2D eigenvalue weighted by Gasteiger charge is 2.23. The maximum absolute atomic E-state index is 12.7. The Morgan fingerprint density at radius 3 is 2.30 bits per heavy atom. The van der Waals surface area contributed by atoms with Crippen LogP contribution in [0.2, 0.25) is 0 Å². The minimum absolute atomic E-state index is 0.199. The summed E-state index contributed by atoms with van der Waals surface area (Å²) in [6, 6.07) is 12.1. The van der Waals surface area contributed by atoms with Crippen molar-refractivity contribution in [3.63, 3.8) is 0 Å². The van der Waals surface area contributed by atoms with Crippen molar-refractivity contribution in [2.45, 2.75) is 54.1 Å². The number of Topliss-reactive ketones (excluding diaryl/α,β-unsaturated/α-hetero) is 1. The van der Waals surface area contributed by atoms with Gasteiger partial charge in [-0.2, -0.15) is 5.10 Å². The van der Waals surface area contributed by atoms with E-state index in [1.165, 1.54) is 0 Å². The highest BCUT2D eigenvalue weighted by atomic mass is 16.5. The molecule has 0 radical (unpaired) electrons. The fourth-order valence-corrected chi connectivity index (χ4v) is 4.04. The SMILES string of the molecule is Cc1nn(Cc2ccccc2)c(C)c1C(=O)OCC(=O)c1cc(C)n(C(C)C)c1C. The minimum atomic E-state index is -0.518. The molecule has 1 aromatic carbocycles. The van der Waals surface area contributed by atoms with Crippen molar-refractivity contribution in [1.29, 1.82) is 0 Å². The molecule has 0 amide bonds. The highest BCUT2D eigenvalue weighted by molar-refractivity contribution is 6.00.